The molecule has 1 aromatic carbocycles. The topological polar surface area (TPSA) is 472 Å². The molecule has 4 rings (SSSR count). The second kappa shape index (κ2) is 51.0. The lowest BCUT2D eigenvalue weighted by atomic mass is 9.92. The summed E-state index contributed by atoms with van der Waals surface area (Å²) in [7, 11) is 0. The van der Waals surface area contributed by atoms with Gasteiger partial charge in [-0.2, -0.15) is 0 Å². The van der Waals surface area contributed by atoms with Gasteiger partial charge in [0.05, 0.1) is 110 Å². The number of carbonyl (C=O) groups is 2. The maximum atomic E-state index is 13.2. The first kappa shape index (κ1) is 94.6. The summed E-state index contributed by atoms with van der Waals surface area (Å²) in [5.74, 6) is -1.65. The van der Waals surface area contributed by atoms with Gasteiger partial charge in [0, 0.05) is 65.0 Å². The highest BCUT2D eigenvalue weighted by molar-refractivity contribution is 8.45. The largest absolute Gasteiger partial charge is 0.515 e. The van der Waals surface area contributed by atoms with Gasteiger partial charge in [0.25, 0.3) is 0 Å². The van der Waals surface area contributed by atoms with Gasteiger partial charge in [0.15, 0.2) is 18.9 Å². The van der Waals surface area contributed by atoms with E-state index >= 15 is 0 Å². The van der Waals surface area contributed by atoms with Gasteiger partial charge in [-0.1, -0.05) is 80.9 Å². The Morgan fingerprint density at radius 2 is 0.748 bits per heavy atom. The van der Waals surface area contributed by atoms with E-state index in [2.05, 4.69) is 54.3 Å². The van der Waals surface area contributed by atoms with Crippen LogP contribution in [-0.2, 0) is 118 Å². The van der Waals surface area contributed by atoms with Crippen molar-refractivity contribution in [3.8, 4) is 0 Å². The number of carbonyl (C=O) groups excluding carboxylic acids is 2. The van der Waals surface area contributed by atoms with E-state index in [1.807, 2.05) is 0 Å². The van der Waals surface area contributed by atoms with E-state index in [4.69, 9.17) is 88.3 Å². The quantitative estimate of drug-likeness (QED) is 0.0175. The average Bonchev–Trinajstić information content (AvgIpc) is 1.52. The maximum Gasteiger partial charge on any atom is 0.515 e. The Morgan fingerprint density at radius 3 is 1.12 bits per heavy atom. The zero-order valence-corrected chi connectivity index (χ0v) is 65.3. The molecule has 3 fully saturated rings. The predicted octanol–water partition coefficient (Wildman–Crippen LogP) is 5.10. The SMILES string of the molecule is CC(=O)NC1[C@H](OCCCCOP(=O)(S)OCCCOCC(COCCCCOP(=O)(S)OC(=O)OCc2ccccc2)(COCCCOP(=O)(S)OCCCCO[C@@H]2OC(CO)[C@@H](O)[C@H](O)C2C)COCCCOP(=O)(S)OCCCCO[C@@H]2OC(CO)[C@@H](O)[C@H](O)C2C)OC(CO)[C@H](O)[C@@H]1O. The summed E-state index contributed by atoms with van der Waals surface area (Å²) < 4.78 is 159. The minimum Gasteiger partial charge on any atom is -0.429 e. The fraction of sp³-hybridized carbons (Fsp3) is 0.867. The summed E-state index contributed by atoms with van der Waals surface area (Å²) in [4.78, 5) is 24.0. The molecule has 0 bridgehead atoms. The van der Waals surface area contributed by atoms with Crippen LogP contribution in [0.3, 0.4) is 0 Å². The zero-order chi connectivity index (χ0) is 75.9. The molecule has 602 valence electrons. The number of amides is 1. The van der Waals surface area contributed by atoms with Gasteiger partial charge < -0.3 is 135 Å². The van der Waals surface area contributed by atoms with E-state index in [0.29, 0.717) is 50.5 Å². The van der Waals surface area contributed by atoms with Gasteiger partial charge in [-0.15, -0.1) is 0 Å². The van der Waals surface area contributed by atoms with Crippen molar-refractivity contribution in [2.24, 2.45) is 17.3 Å². The van der Waals surface area contributed by atoms with Crippen molar-refractivity contribution in [2.45, 2.75) is 178 Å². The normalized spacial score (nSPS) is 28.3. The summed E-state index contributed by atoms with van der Waals surface area (Å²) in [6, 6.07) is 7.63. The number of aliphatic hydroxyl groups excluding tert-OH is 9. The molecular weight excluding hydrogens is 1530 g/mol. The standard InChI is InChI=1S/C60H109NO34P4S4/c1-42-50(66)52(68)46(34-62)92-56(42)81-24-8-12-27-85-96(73,100)88-31-15-21-78-39-60(38-77-20-7-11-30-91-99(76,103)95-59(72)84-37-45-18-5-4-6-19-45,40-79-22-16-32-89-97(74,101)86-28-13-9-25-82-57-43(2)51(67)53(69)47(35-63)93-57)41-80-23-17-33-90-98(75,102)87-29-14-10-26-83-58-49(61-44(3)65)55(71)54(70)48(36-64)94-58/h4-6,18-19,42-43,46-58,62-64,66-71H,7-17,20-41H2,1-3H3,(H,61,65)(H,73,100)(H,74,101)(H,75,102)(H,76,103)/t42?,43?,46?,47?,48?,49?,50-,51-,52-,53-,54+,55-,56-,57-,58-,60?,96?,97?,98?,99?/m1/s1. The Balaban J connectivity index is 1.32. The number of hydrogen-bond acceptors (Lipinski definition) is 34. The van der Waals surface area contributed by atoms with E-state index in [0.717, 1.165) is 0 Å². The maximum absolute atomic E-state index is 13.2. The van der Waals surface area contributed by atoms with Crippen molar-refractivity contribution < 1.29 is 162 Å². The lowest BCUT2D eigenvalue weighted by Gasteiger charge is -2.42. The van der Waals surface area contributed by atoms with Crippen LogP contribution in [0.4, 0.5) is 4.79 Å². The van der Waals surface area contributed by atoms with Crippen LogP contribution >= 0.6 is 76.2 Å². The fourth-order valence-electron chi connectivity index (χ4n) is 10.1. The third-order valence-corrected chi connectivity index (χ3v) is 22.5. The van der Waals surface area contributed by atoms with Gasteiger partial charge in [0.1, 0.15) is 55.4 Å². The molecule has 3 heterocycles. The number of aliphatic hydroxyl groups is 9. The van der Waals surface area contributed by atoms with Crippen molar-refractivity contribution in [3.63, 3.8) is 0 Å². The van der Waals surface area contributed by atoms with Gasteiger partial charge in [-0.05, 0) is 88.4 Å². The second-order valence-electron chi connectivity index (χ2n) is 24.6. The second-order valence-corrected chi connectivity index (χ2v) is 36.2. The van der Waals surface area contributed by atoms with Crippen LogP contribution in [0.15, 0.2) is 30.3 Å². The van der Waals surface area contributed by atoms with Crippen molar-refractivity contribution in [3.05, 3.63) is 35.9 Å². The van der Waals surface area contributed by atoms with Crippen LogP contribution in [0.5, 0.6) is 0 Å². The molecule has 3 aliphatic heterocycles. The molecule has 35 nitrogen and oxygen atoms in total. The smallest absolute Gasteiger partial charge is 0.429 e. The molecule has 3 aliphatic rings. The summed E-state index contributed by atoms with van der Waals surface area (Å²) in [5, 5.41) is 92.8. The van der Waals surface area contributed by atoms with Crippen LogP contribution in [0.2, 0.25) is 0 Å². The Kier molecular flexibility index (Phi) is 46.8. The number of hydrogen-bond donors (Lipinski definition) is 14. The molecule has 3 saturated heterocycles. The third-order valence-electron chi connectivity index (χ3n) is 15.9. The lowest BCUT2D eigenvalue weighted by molar-refractivity contribution is -0.282. The van der Waals surface area contributed by atoms with Crippen molar-refractivity contribution in [1.29, 1.82) is 0 Å². The van der Waals surface area contributed by atoms with Crippen LogP contribution in [0.1, 0.15) is 97.0 Å². The zero-order valence-electron chi connectivity index (χ0n) is 58.2. The van der Waals surface area contributed by atoms with Gasteiger partial charge >= 0.3 is 33.3 Å². The molecule has 10 unspecified atom stereocenters. The minimum absolute atomic E-state index is 0.00523. The van der Waals surface area contributed by atoms with E-state index in [9.17, 15) is 73.8 Å². The molecule has 10 N–H and O–H groups in total. The Hall–Kier alpha value is -0.760. The van der Waals surface area contributed by atoms with E-state index in [1.54, 1.807) is 44.2 Å². The molecule has 0 aliphatic carbocycles. The van der Waals surface area contributed by atoms with E-state index < -0.39 is 156 Å². The van der Waals surface area contributed by atoms with E-state index in [-0.39, 0.29) is 151 Å². The van der Waals surface area contributed by atoms with Crippen molar-refractivity contribution >= 4 is 88.2 Å². The Labute approximate surface area is 622 Å². The summed E-state index contributed by atoms with van der Waals surface area (Å²) in [5.41, 5.74) is -0.398. The molecule has 103 heavy (non-hydrogen) atoms. The third kappa shape index (κ3) is 37.9. The van der Waals surface area contributed by atoms with Crippen molar-refractivity contribution in [1.82, 2.24) is 5.32 Å². The highest BCUT2D eigenvalue weighted by Gasteiger charge is 2.47. The number of unbranched alkanes of at least 4 members (excludes halogenated alkanes) is 4. The molecule has 0 spiro atoms. The number of ether oxygens (including phenoxy) is 11. The van der Waals surface area contributed by atoms with Crippen LogP contribution in [0, 0.1) is 17.3 Å². The van der Waals surface area contributed by atoms with Crippen LogP contribution < -0.4 is 5.32 Å². The molecule has 1 amide bonds. The first-order valence-corrected chi connectivity index (χ1v) is 44.8. The fourth-order valence-corrected chi connectivity index (χ4v) is 15.0. The van der Waals surface area contributed by atoms with Gasteiger partial charge in [0.2, 0.25) is 5.91 Å². The van der Waals surface area contributed by atoms with Gasteiger partial charge in [-0.3, -0.25) is 9.32 Å². The molecule has 43 heteroatoms. The molecule has 1 aromatic rings. The summed E-state index contributed by atoms with van der Waals surface area (Å²) in [6.45, 7) is -13.1. The summed E-state index contributed by atoms with van der Waals surface area (Å²) >= 11 is 16.2. The van der Waals surface area contributed by atoms with Crippen molar-refractivity contribution in [2.75, 3.05) is 139 Å². The first-order valence-electron chi connectivity index (χ1n) is 34.0. The monoisotopic (exact) mass is 1640 g/mol. The summed E-state index contributed by atoms with van der Waals surface area (Å²) in [6.07, 6.45) is -11.7. The van der Waals surface area contributed by atoms with E-state index in [1.165, 1.54) is 6.92 Å². The predicted molar refractivity (Wildman–Crippen MR) is 379 cm³/mol. The average molecular weight is 1640 g/mol. The van der Waals surface area contributed by atoms with Crippen LogP contribution in [0.25, 0.3) is 0 Å². The lowest BCUT2D eigenvalue weighted by Crippen LogP contribution is -2.64. The molecule has 0 saturated carbocycles. The number of nitrogens with one attached hydrogen (secondary N) is 1. The molecule has 19 atom stereocenters. The Morgan fingerprint density at radius 1 is 0.437 bits per heavy atom. The highest BCUT2D eigenvalue weighted by atomic mass is 32.7. The Bertz CT molecular complexity index is 2600. The minimum atomic E-state index is -4.17. The number of benzene rings is 1. The number of thiol groups is 4. The molecule has 0 aromatic heterocycles. The molecule has 0 radical (unpaired) electrons. The highest BCUT2D eigenvalue weighted by Crippen LogP contribution is 2.55. The van der Waals surface area contributed by atoms with Crippen LogP contribution in [-0.4, -0.2) is 277 Å². The number of rotatable bonds is 57. The van der Waals surface area contributed by atoms with Gasteiger partial charge in [-0.25, -0.2) is 23.1 Å². The molecular formula is C60H109NO34P4S4. The first-order chi connectivity index (χ1) is 49.0.